The molecule has 6 heteroatoms. The van der Waals surface area contributed by atoms with Gasteiger partial charge in [-0.3, -0.25) is 0 Å². The smallest absolute Gasteiger partial charge is 0.357 e. The molecule has 0 radical (unpaired) electrons. The molecule has 0 amide bonds. The van der Waals surface area contributed by atoms with E-state index in [1.807, 2.05) is 6.92 Å². The lowest BCUT2D eigenvalue weighted by Crippen LogP contribution is -2.49. The third kappa shape index (κ3) is 4.03. The van der Waals surface area contributed by atoms with Gasteiger partial charge in [-0.25, -0.2) is 0 Å². The summed E-state index contributed by atoms with van der Waals surface area (Å²) >= 11 is 0. The Hall–Kier alpha value is 0.0169. The Labute approximate surface area is 86.7 Å². The van der Waals surface area contributed by atoms with E-state index in [1.54, 1.807) is 7.11 Å². The number of ether oxygens (including phenoxy) is 1. The summed E-state index contributed by atoms with van der Waals surface area (Å²) in [4.78, 5) is 0. The zero-order valence-electron chi connectivity index (χ0n) is 9.53. The highest BCUT2D eigenvalue weighted by Gasteiger charge is 2.44. The van der Waals surface area contributed by atoms with Gasteiger partial charge in [0.2, 0.25) is 0 Å². The Kier molecular flexibility index (Phi) is 7.34. The van der Waals surface area contributed by atoms with Crippen molar-refractivity contribution in [2.24, 2.45) is 0 Å². The summed E-state index contributed by atoms with van der Waals surface area (Å²) in [6.45, 7) is 2.05. The molecule has 0 aromatic heterocycles. The van der Waals surface area contributed by atoms with Crippen LogP contribution < -0.4 is 0 Å². The minimum Gasteiger partial charge on any atom is -0.357 e. The maximum Gasteiger partial charge on any atom is 0.680 e. The van der Waals surface area contributed by atoms with Crippen LogP contribution in [0.25, 0.3) is 0 Å². The molecule has 0 aromatic rings. The van der Waals surface area contributed by atoms with Crippen LogP contribution in [0.1, 0.15) is 19.8 Å². The average Bonchev–Trinajstić information content (AvgIpc) is 2.25. The van der Waals surface area contributed by atoms with Gasteiger partial charge in [-0.15, -0.1) is 0 Å². The highest BCUT2D eigenvalue weighted by Crippen LogP contribution is 2.14. The summed E-state index contributed by atoms with van der Waals surface area (Å²) in [6, 6.07) is 0. The highest BCUT2D eigenvalue weighted by molar-refractivity contribution is 6.53. The fourth-order valence-corrected chi connectivity index (χ4v) is 2.34. The van der Waals surface area contributed by atoms with Crippen molar-refractivity contribution < 1.29 is 22.4 Å². The molecule has 14 heavy (non-hydrogen) atoms. The predicted octanol–water partition coefficient (Wildman–Crippen LogP) is 1.15. The van der Waals surface area contributed by atoms with E-state index in [0.29, 0.717) is 0 Å². The lowest BCUT2D eigenvalue weighted by atomic mass is 10.3. The van der Waals surface area contributed by atoms with Crippen molar-refractivity contribution in [1.29, 1.82) is 0 Å². The molecule has 0 fully saturated rings. The van der Waals surface area contributed by atoms with Gasteiger partial charge < -0.3 is 22.4 Å². The van der Waals surface area contributed by atoms with Crippen molar-refractivity contribution in [3.8, 4) is 0 Å². The third-order valence-corrected chi connectivity index (χ3v) is 3.86. The molecule has 0 rings (SSSR count). The van der Waals surface area contributed by atoms with Crippen molar-refractivity contribution in [3.05, 3.63) is 0 Å². The number of hydrogen-bond acceptors (Lipinski definition) is 5. The van der Waals surface area contributed by atoms with Crippen LogP contribution in [-0.2, 0) is 22.4 Å². The Morgan fingerprint density at radius 1 is 1.00 bits per heavy atom. The van der Waals surface area contributed by atoms with E-state index in [1.165, 1.54) is 21.3 Å². The van der Waals surface area contributed by atoms with Crippen molar-refractivity contribution >= 4 is 9.05 Å². The first-order valence-electron chi connectivity index (χ1n) is 4.54. The van der Waals surface area contributed by atoms with Gasteiger partial charge in [-0.2, -0.15) is 0 Å². The Balaban J connectivity index is 4.24. The van der Waals surface area contributed by atoms with Crippen molar-refractivity contribution in [3.63, 3.8) is 0 Å². The van der Waals surface area contributed by atoms with Crippen LogP contribution in [0.15, 0.2) is 0 Å². The second kappa shape index (κ2) is 7.33. The second-order valence-corrected chi connectivity index (χ2v) is 5.14. The standard InChI is InChI=1S/C8H20O5Si/c1-6-7-8(9-2)13-14(10-3,11-4)12-5/h8H,6-7H2,1-5H3. The predicted molar refractivity (Wildman–Crippen MR) is 53.6 cm³/mol. The molecule has 0 aliphatic heterocycles. The zero-order chi connectivity index (χ0) is 11.0. The summed E-state index contributed by atoms with van der Waals surface area (Å²) in [5.74, 6) is 0. The molecule has 0 saturated carbocycles. The van der Waals surface area contributed by atoms with E-state index < -0.39 is 9.05 Å². The summed E-state index contributed by atoms with van der Waals surface area (Å²) in [6.07, 6.45) is 1.40. The van der Waals surface area contributed by atoms with Crippen LogP contribution in [0.3, 0.4) is 0 Å². The maximum atomic E-state index is 5.53. The molecule has 0 aromatic carbocycles. The molecule has 5 nitrogen and oxygen atoms in total. The molecule has 0 spiro atoms. The van der Waals surface area contributed by atoms with Crippen molar-refractivity contribution in [2.45, 2.75) is 26.1 Å². The Morgan fingerprint density at radius 2 is 1.50 bits per heavy atom. The largest absolute Gasteiger partial charge is 0.680 e. The first kappa shape index (κ1) is 14.0. The zero-order valence-corrected chi connectivity index (χ0v) is 10.5. The monoisotopic (exact) mass is 224 g/mol. The van der Waals surface area contributed by atoms with E-state index in [0.717, 1.165) is 12.8 Å². The summed E-state index contributed by atoms with van der Waals surface area (Å²) in [7, 11) is 3.11. The van der Waals surface area contributed by atoms with Crippen LogP contribution in [0.4, 0.5) is 0 Å². The van der Waals surface area contributed by atoms with Crippen LogP contribution in [0.2, 0.25) is 0 Å². The minimum absolute atomic E-state index is 0.341. The fraction of sp³-hybridized carbons (Fsp3) is 1.00. The van der Waals surface area contributed by atoms with Crippen LogP contribution in [0.5, 0.6) is 0 Å². The van der Waals surface area contributed by atoms with Gasteiger partial charge in [-0.1, -0.05) is 13.3 Å². The Bertz CT molecular complexity index is 131. The van der Waals surface area contributed by atoms with E-state index in [-0.39, 0.29) is 6.29 Å². The van der Waals surface area contributed by atoms with Gasteiger partial charge in [0.05, 0.1) is 0 Å². The van der Waals surface area contributed by atoms with Crippen molar-refractivity contribution in [1.82, 2.24) is 0 Å². The number of rotatable bonds is 8. The van der Waals surface area contributed by atoms with E-state index in [4.69, 9.17) is 22.4 Å². The number of methoxy groups -OCH3 is 1. The van der Waals surface area contributed by atoms with Gasteiger partial charge in [-0.05, 0) is 6.42 Å². The molecule has 0 aliphatic carbocycles. The third-order valence-electron chi connectivity index (χ3n) is 1.81. The molecule has 0 N–H and O–H groups in total. The maximum absolute atomic E-state index is 5.53. The second-order valence-electron chi connectivity index (χ2n) is 2.68. The van der Waals surface area contributed by atoms with Gasteiger partial charge in [0, 0.05) is 28.4 Å². The summed E-state index contributed by atoms with van der Waals surface area (Å²) < 4.78 is 26.0. The Morgan fingerprint density at radius 3 is 1.79 bits per heavy atom. The highest BCUT2D eigenvalue weighted by atomic mass is 28.4. The lowest BCUT2D eigenvalue weighted by Gasteiger charge is -2.27. The fourth-order valence-electron chi connectivity index (χ4n) is 1.02. The van der Waals surface area contributed by atoms with Crippen molar-refractivity contribution in [2.75, 3.05) is 28.4 Å². The van der Waals surface area contributed by atoms with Crippen LogP contribution in [0, 0.1) is 0 Å². The molecule has 1 atom stereocenters. The first-order chi connectivity index (χ1) is 6.67. The molecule has 86 valence electrons. The summed E-state index contributed by atoms with van der Waals surface area (Å²) in [5.41, 5.74) is 0. The molecule has 0 heterocycles. The van der Waals surface area contributed by atoms with Gasteiger partial charge in [0.1, 0.15) is 0 Å². The first-order valence-corrected chi connectivity index (χ1v) is 6.17. The quantitative estimate of drug-likeness (QED) is 0.457. The van der Waals surface area contributed by atoms with Crippen LogP contribution in [-0.4, -0.2) is 43.8 Å². The van der Waals surface area contributed by atoms with Gasteiger partial charge >= 0.3 is 9.05 Å². The topological polar surface area (TPSA) is 46.2 Å². The molecular weight excluding hydrogens is 204 g/mol. The minimum atomic E-state index is -2.96. The molecule has 0 aliphatic rings. The molecule has 0 bridgehead atoms. The lowest BCUT2D eigenvalue weighted by molar-refractivity contribution is -0.127. The molecular formula is C8H20O5Si. The van der Waals surface area contributed by atoms with E-state index in [2.05, 4.69) is 0 Å². The molecule has 0 saturated heterocycles. The average molecular weight is 224 g/mol. The normalized spacial score (nSPS) is 14.4. The van der Waals surface area contributed by atoms with Gasteiger partial charge in [0.15, 0.2) is 6.29 Å². The molecule has 1 unspecified atom stereocenters. The van der Waals surface area contributed by atoms with E-state index >= 15 is 0 Å². The van der Waals surface area contributed by atoms with E-state index in [9.17, 15) is 0 Å². The van der Waals surface area contributed by atoms with Gasteiger partial charge in [0.25, 0.3) is 0 Å². The van der Waals surface area contributed by atoms with Crippen LogP contribution >= 0.6 is 0 Å². The summed E-state index contributed by atoms with van der Waals surface area (Å²) in [5, 5.41) is 0. The SMILES string of the molecule is CCCC(OC)O[Si](OC)(OC)OC. The number of hydrogen-bond donors (Lipinski definition) is 0.